The molecular formula is C14H16BrN3O. The normalized spacial score (nSPS) is 10.8. The molecule has 0 saturated carbocycles. The highest BCUT2D eigenvalue weighted by Gasteiger charge is 2.10. The molecule has 0 atom stereocenters. The number of nitrogen functional groups attached to an aromatic ring is 1. The van der Waals surface area contributed by atoms with E-state index in [1.165, 1.54) is 0 Å². The summed E-state index contributed by atoms with van der Waals surface area (Å²) >= 11 is 3.46. The Bertz CT molecular complexity index is 599. The maximum absolute atomic E-state index is 5.84. The number of hydrogen-bond donors (Lipinski definition) is 1. The number of ether oxygens (including phenoxy) is 1. The van der Waals surface area contributed by atoms with E-state index in [4.69, 9.17) is 10.5 Å². The molecule has 0 radical (unpaired) electrons. The smallest absolute Gasteiger partial charge is 0.161 e. The SMILES string of the molecule is COc1ccc(-c2nc(N)cc(C(C)C)n2)cc1Br. The Hall–Kier alpha value is -1.62. The second-order valence-corrected chi connectivity index (χ2v) is 5.40. The van der Waals surface area contributed by atoms with Crippen LogP contribution in [0.2, 0.25) is 0 Å². The van der Waals surface area contributed by atoms with Gasteiger partial charge in [0.15, 0.2) is 5.82 Å². The van der Waals surface area contributed by atoms with Gasteiger partial charge in [-0.1, -0.05) is 13.8 Å². The van der Waals surface area contributed by atoms with Crippen molar-refractivity contribution >= 4 is 21.7 Å². The Kier molecular flexibility index (Phi) is 4.04. The number of nitrogens with zero attached hydrogens (tertiary/aromatic N) is 2. The highest BCUT2D eigenvalue weighted by molar-refractivity contribution is 9.10. The van der Waals surface area contributed by atoms with Crippen molar-refractivity contribution < 1.29 is 4.74 Å². The van der Waals surface area contributed by atoms with E-state index >= 15 is 0 Å². The van der Waals surface area contributed by atoms with Gasteiger partial charge in [-0.15, -0.1) is 0 Å². The summed E-state index contributed by atoms with van der Waals surface area (Å²) < 4.78 is 6.07. The monoisotopic (exact) mass is 321 g/mol. The predicted molar refractivity (Wildman–Crippen MR) is 80.2 cm³/mol. The average Bonchev–Trinajstić information content (AvgIpc) is 2.37. The van der Waals surface area contributed by atoms with E-state index in [1.54, 1.807) is 7.11 Å². The van der Waals surface area contributed by atoms with Crippen LogP contribution in [0.15, 0.2) is 28.7 Å². The number of aromatic nitrogens is 2. The quantitative estimate of drug-likeness (QED) is 0.937. The molecule has 1 aromatic carbocycles. The molecule has 100 valence electrons. The lowest BCUT2D eigenvalue weighted by Gasteiger charge is -2.09. The van der Waals surface area contributed by atoms with Crippen LogP contribution in [0.4, 0.5) is 5.82 Å². The number of anilines is 1. The molecule has 19 heavy (non-hydrogen) atoms. The maximum atomic E-state index is 5.84. The van der Waals surface area contributed by atoms with Crippen molar-refractivity contribution in [3.8, 4) is 17.1 Å². The minimum Gasteiger partial charge on any atom is -0.496 e. The first kappa shape index (κ1) is 13.8. The summed E-state index contributed by atoms with van der Waals surface area (Å²) in [7, 11) is 1.63. The molecule has 1 aromatic heterocycles. The molecule has 0 aliphatic carbocycles. The van der Waals surface area contributed by atoms with Gasteiger partial charge in [-0.05, 0) is 40.0 Å². The fourth-order valence-electron chi connectivity index (χ4n) is 1.72. The zero-order chi connectivity index (χ0) is 14.0. The van der Waals surface area contributed by atoms with Gasteiger partial charge in [-0.3, -0.25) is 0 Å². The van der Waals surface area contributed by atoms with E-state index in [0.717, 1.165) is 21.5 Å². The second-order valence-electron chi connectivity index (χ2n) is 4.55. The van der Waals surface area contributed by atoms with Crippen LogP contribution in [0, 0.1) is 0 Å². The highest BCUT2D eigenvalue weighted by atomic mass is 79.9. The molecule has 0 amide bonds. The number of hydrogen-bond acceptors (Lipinski definition) is 4. The van der Waals surface area contributed by atoms with Crippen LogP contribution in [-0.4, -0.2) is 17.1 Å². The van der Waals surface area contributed by atoms with E-state index in [9.17, 15) is 0 Å². The van der Waals surface area contributed by atoms with E-state index < -0.39 is 0 Å². The first-order chi connectivity index (χ1) is 9.01. The fraction of sp³-hybridized carbons (Fsp3) is 0.286. The van der Waals surface area contributed by atoms with Gasteiger partial charge in [0.05, 0.1) is 11.6 Å². The minimum absolute atomic E-state index is 0.311. The third-order valence-electron chi connectivity index (χ3n) is 2.77. The maximum Gasteiger partial charge on any atom is 0.161 e. The van der Waals surface area contributed by atoms with E-state index in [0.29, 0.717) is 17.6 Å². The van der Waals surface area contributed by atoms with Gasteiger partial charge in [0.2, 0.25) is 0 Å². The number of rotatable bonds is 3. The van der Waals surface area contributed by atoms with Crippen molar-refractivity contribution in [1.82, 2.24) is 9.97 Å². The molecule has 0 bridgehead atoms. The van der Waals surface area contributed by atoms with Gasteiger partial charge in [0.1, 0.15) is 11.6 Å². The first-order valence-electron chi connectivity index (χ1n) is 5.99. The van der Waals surface area contributed by atoms with Crippen molar-refractivity contribution in [1.29, 1.82) is 0 Å². The molecule has 0 aliphatic heterocycles. The van der Waals surface area contributed by atoms with Crippen LogP contribution in [0.1, 0.15) is 25.5 Å². The third kappa shape index (κ3) is 3.04. The molecule has 0 saturated heterocycles. The fourth-order valence-corrected chi connectivity index (χ4v) is 2.26. The van der Waals surface area contributed by atoms with Crippen LogP contribution in [0.25, 0.3) is 11.4 Å². The number of methoxy groups -OCH3 is 1. The molecule has 2 aromatic rings. The number of nitrogens with two attached hydrogens (primary N) is 1. The predicted octanol–water partition coefficient (Wildman–Crippen LogP) is 3.62. The van der Waals surface area contributed by atoms with Crippen LogP contribution in [0.5, 0.6) is 5.75 Å². The van der Waals surface area contributed by atoms with Gasteiger partial charge in [-0.2, -0.15) is 0 Å². The average molecular weight is 322 g/mol. The Balaban J connectivity index is 2.49. The summed E-state index contributed by atoms with van der Waals surface area (Å²) in [4.78, 5) is 8.84. The summed E-state index contributed by atoms with van der Waals surface area (Å²) in [6.07, 6.45) is 0. The molecule has 2 rings (SSSR count). The van der Waals surface area contributed by atoms with E-state index in [-0.39, 0.29) is 0 Å². The summed E-state index contributed by atoms with van der Waals surface area (Å²) in [5, 5.41) is 0. The largest absolute Gasteiger partial charge is 0.496 e. The van der Waals surface area contributed by atoms with Gasteiger partial charge >= 0.3 is 0 Å². The van der Waals surface area contributed by atoms with Crippen LogP contribution >= 0.6 is 15.9 Å². The highest BCUT2D eigenvalue weighted by Crippen LogP contribution is 2.30. The molecule has 0 fully saturated rings. The molecule has 0 aliphatic rings. The third-order valence-corrected chi connectivity index (χ3v) is 3.39. The Morgan fingerprint density at radius 3 is 2.53 bits per heavy atom. The Morgan fingerprint density at radius 2 is 1.95 bits per heavy atom. The van der Waals surface area contributed by atoms with E-state index in [1.807, 2.05) is 24.3 Å². The molecule has 5 heteroatoms. The lowest BCUT2D eigenvalue weighted by atomic mass is 10.1. The van der Waals surface area contributed by atoms with Gasteiger partial charge in [-0.25, -0.2) is 9.97 Å². The lowest BCUT2D eigenvalue weighted by molar-refractivity contribution is 0.412. The zero-order valence-electron chi connectivity index (χ0n) is 11.1. The molecule has 1 heterocycles. The number of halogens is 1. The van der Waals surface area contributed by atoms with Crippen molar-refractivity contribution in [2.75, 3.05) is 12.8 Å². The summed E-state index contributed by atoms with van der Waals surface area (Å²) in [6.45, 7) is 4.16. The molecule has 0 unspecified atom stereocenters. The lowest BCUT2D eigenvalue weighted by Crippen LogP contribution is -2.01. The van der Waals surface area contributed by atoms with Crippen LogP contribution in [-0.2, 0) is 0 Å². The van der Waals surface area contributed by atoms with Crippen LogP contribution in [0.3, 0.4) is 0 Å². The van der Waals surface area contributed by atoms with Crippen molar-refractivity contribution in [2.45, 2.75) is 19.8 Å². The van der Waals surface area contributed by atoms with Gasteiger partial charge < -0.3 is 10.5 Å². The zero-order valence-corrected chi connectivity index (χ0v) is 12.7. The summed E-state index contributed by atoms with van der Waals surface area (Å²) in [5.41, 5.74) is 7.68. The Morgan fingerprint density at radius 1 is 1.21 bits per heavy atom. The Labute approximate surface area is 121 Å². The molecule has 0 spiro atoms. The van der Waals surface area contributed by atoms with Gasteiger partial charge in [0.25, 0.3) is 0 Å². The van der Waals surface area contributed by atoms with Crippen molar-refractivity contribution in [3.63, 3.8) is 0 Å². The van der Waals surface area contributed by atoms with Gasteiger partial charge in [0, 0.05) is 17.3 Å². The standard InChI is InChI=1S/C14H16BrN3O/c1-8(2)11-7-13(16)18-14(17-11)9-4-5-12(19-3)10(15)6-9/h4-8H,1-3H3,(H2,16,17,18). The minimum atomic E-state index is 0.311. The molecule has 2 N–H and O–H groups in total. The summed E-state index contributed by atoms with van der Waals surface area (Å²) in [5.74, 6) is 2.20. The van der Waals surface area contributed by atoms with E-state index in [2.05, 4.69) is 39.7 Å². The topological polar surface area (TPSA) is 61.0 Å². The summed E-state index contributed by atoms with van der Waals surface area (Å²) in [6, 6.07) is 7.54. The molecule has 4 nitrogen and oxygen atoms in total. The first-order valence-corrected chi connectivity index (χ1v) is 6.79. The molecular weight excluding hydrogens is 306 g/mol. The second kappa shape index (κ2) is 5.57. The van der Waals surface area contributed by atoms with Crippen molar-refractivity contribution in [3.05, 3.63) is 34.4 Å². The van der Waals surface area contributed by atoms with Crippen LogP contribution < -0.4 is 10.5 Å². The number of benzene rings is 1. The van der Waals surface area contributed by atoms with Crippen molar-refractivity contribution in [2.24, 2.45) is 0 Å².